The van der Waals surface area contributed by atoms with Crippen molar-refractivity contribution in [3.8, 4) is 17.4 Å². The van der Waals surface area contributed by atoms with Gasteiger partial charge in [-0.15, -0.1) is 0 Å². The predicted octanol–water partition coefficient (Wildman–Crippen LogP) is 1.92. The smallest absolute Gasteiger partial charge is 0.414 e. The number of rotatable bonds is 5. The van der Waals surface area contributed by atoms with Crippen LogP contribution in [0.15, 0.2) is 41.3 Å². The fraction of sp³-hybridized carbons (Fsp3) is 0.440. The van der Waals surface area contributed by atoms with Gasteiger partial charge >= 0.3 is 6.09 Å². The summed E-state index contributed by atoms with van der Waals surface area (Å²) in [4.78, 5) is 38.0. The van der Waals surface area contributed by atoms with Gasteiger partial charge in [0.15, 0.2) is 17.1 Å². The zero-order valence-electron chi connectivity index (χ0n) is 20.0. The fourth-order valence-electron chi connectivity index (χ4n) is 5.08. The van der Waals surface area contributed by atoms with E-state index < -0.39 is 0 Å². The molecule has 5 heterocycles. The molecule has 3 aliphatic rings. The van der Waals surface area contributed by atoms with E-state index in [0.29, 0.717) is 67.9 Å². The third kappa shape index (κ3) is 4.19. The van der Waals surface area contributed by atoms with Crippen LogP contribution in [0.2, 0.25) is 0 Å². The lowest BCUT2D eigenvalue weighted by atomic mass is 9.91. The van der Waals surface area contributed by atoms with Crippen molar-refractivity contribution in [2.24, 2.45) is 5.92 Å². The second kappa shape index (κ2) is 9.30. The summed E-state index contributed by atoms with van der Waals surface area (Å²) in [6, 6.07) is 9.05. The number of hydrogen-bond donors (Lipinski definition) is 0. The van der Waals surface area contributed by atoms with Crippen LogP contribution in [0.25, 0.3) is 11.2 Å². The number of hydrogen-bond acceptors (Lipinski definition) is 9. The Morgan fingerprint density at radius 1 is 1.06 bits per heavy atom. The summed E-state index contributed by atoms with van der Waals surface area (Å²) in [7, 11) is 1.54. The van der Waals surface area contributed by atoms with Crippen molar-refractivity contribution in [1.29, 1.82) is 0 Å². The van der Waals surface area contributed by atoms with E-state index in [1.807, 2.05) is 18.2 Å². The Morgan fingerprint density at radius 3 is 2.78 bits per heavy atom. The van der Waals surface area contributed by atoms with Gasteiger partial charge in [-0.3, -0.25) is 19.2 Å². The Morgan fingerprint density at radius 2 is 1.92 bits per heavy atom. The molecule has 3 aliphatic heterocycles. The van der Waals surface area contributed by atoms with Gasteiger partial charge in [-0.1, -0.05) is 0 Å². The Bertz CT molecular complexity index is 1360. The zero-order chi connectivity index (χ0) is 24.6. The van der Waals surface area contributed by atoms with Gasteiger partial charge in [0.2, 0.25) is 5.88 Å². The Labute approximate surface area is 207 Å². The normalized spacial score (nSPS) is 21.7. The summed E-state index contributed by atoms with van der Waals surface area (Å²) in [5, 5.41) is 0. The van der Waals surface area contributed by atoms with E-state index in [1.165, 1.54) is 13.3 Å². The highest BCUT2D eigenvalue weighted by atomic mass is 16.6. The molecule has 3 aromatic rings. The van der Waals surface area contributed by atoms with Crippen LogP contribution in [-0.4, -0.2) is 78.1 Å². The molecule has 0 N–H and O–H groups in total. The lowest BCUT2D eigenvalue weighted by molar-refractivity contribution is -0.00758. The number of ether oxygens (including phenoxy) is 4. The second-order valence-corrected chi connectivity index (χ2v) is 9.15. The Hall–Kier alpha value is -3.86. The second-order valence-electron chi connectivity index (χ2n) is 9.15. The number of carbonyl (C=O) groups excluding carboxylic acids is 1. The Balaban J connectivity index is 1.12. The number of methoxy groups -OCH3 is 1. The summed E-state index contributed by atoms with van der Waals surface area (Å²) in [6.07, 6.45) is 1.65. The van der Waals surface area contributed by atoms with E-state index in [2.05, 4.69) is 14.9 Å². The highest BCUT2D eigenvalue weighted by Crippen LogP contribution is 2.36. The molecule has 11 nitrogen and oxygen atoms in total. The molecule has 6 rings (SSSR count). The minimum Gasteiger partial charge on any atom is -0.486 e. The van der Waals surface area contributed by atoms with Gasteiger partial charge in [-0.25, -0.2) is 9.78 Å². The van der Waals surface area contributed by atoms with Gasteiger partial charge in [0, 0.05) is 44.2 Å². The molecule has 188 valence electrons. The maximum absolute atomic E-state index is 12.9. The number of pyridine rings is 1. The number of amides is 1. The first-order chi connectivity index (χ1) is 17.6. The van der Waals surface area contributed by atoms with E-state index in [0.717, 1.165) is 18.7 Å². The quantitative estimate of drug-likeness (QED) is 0.527. The summed E-state index contributed by atoms with van der Waals surface area (Å²) in [6.45, 7) is 4.16. The topological polar surface area (TPSA) is 108 Å². The monoisotopic (exact) mass is 493 g/mol. The van der Waals surface area contributed by atoms with E-state index in [9.17, 15) is 9.59 Å². The van der Waals surface area contributed by atoms with E-state index in [1.54, 1.807) is 21.6 Å². The van der Waals surface area contributed by atoms with Crippen LogP contribution < -0.4 is 24.7 Å². The van der Waals surface area contributed by atoms with Crippen molar-refractivity contribution >= 4 is 22.9 Å². The highest BCUT2D eigenvalue weighted by Gasteiger charge is 2.40. The lowest BCUT2D eigenvalue weighted by Gasteiger charge is -2.44. The SMILES string of the molecule is COc1ccc2ncc(=O)n(CCN3CC[C@@H]4CN(c5ccc6c(c5)OCCO6)C(=O)O[C@H]4C3)c2n1. The van der Waals surface area contributed by atoms with Crippen molar-refractivity contribution in [2.75, 3.05) is 51.4 Å². The molecule has 0 unspecified atom stereocenters. The first-order valence-corrected chi connectivity index (χ1v) is 12.1. The standard InChI is InChI=1S/C25H27N5O6/c1-33-22-5-3-18-24(27-22)29(23(31)13-26-18)9-8-28-7-6-16-14-30(25(32)36-21(16)15-28)17-2-4-19-20(12-17)35-11-10-34-19/h2-5,12-13,16,21H,6-11,14-15H2,1H3/t16-,21+/m1/s1. The number of aromatic nitrogens is 3. The number of fused-ring (bicyclic) bond motifs is 3. The maximum Gasteiger partial charge on any atom is 0.414 e. The van der Waals surface area contributed by atoms with Crippen molar-refractivity contribution in [3.05, 3.63) is 46.9 Å². The van der Waals surface area contributed by atoms with Crippen molar-refractivity contribution in [3.63, 3.8) is 0 Å². The number of benzene rings is 1. The van der Waals surface area contributed by atoms with Crippen LogP contribution >= 0.6 is 0 Å². The summed E-state index contributed by atoms with van der Waals surface area (Å²) in [5.74, 6) is 1.99. The predicted molar refractivity (Wildman–Crippen MR) is 130 cm³/mol. The molecule has 1 amide bonds. The van der Waals surface area contributed by atoms with Crippen molar-refractivity contribution in [2.45, 2.75) is 19.1 Å². The number of nitrogens with zero attached hydrogens (tertiary/aromatic N) is 5. The number of piperidine rings is 1. The molecule has 0 bridgehead atoms. The van der Waals surface area contributed by atoms with Gasteiger partial charge in [-0.05, 0) is 31.2 Å². The molecule has 0 saturated carbocycles. The van der Waals surface area contributed by atoms with Crippen LogP contribution in [0.3, 0.4) is 0 Å². The molecule has 36 heavy (non-hydrogen) atoms. The maximum atomic E-state index is 12.9. The molecule has 1 aromatic carbocycles. The zero-order valence-corrected chi connectivity index (χ0v) is 20.0. The molecular weight excluding hydrogens is 466 g/mol. The highest BCUT2D eigenvalue weighted by molar-refractivity contribution is 5.89. The third-order valence-corrected chi connectivity index (χ3v) is 7.02. The van der Waals surface area contributed by atoms with Crippen molar-refractivity contribution < 1.29 is 23.7 Å². The molecular formula is C25H27N5O6. The molecule has 2 aromatic heterocycles. The molecule has 0 spiro atoms. The van der Waals surface area contributed by atoms with Crippen LogP contribution in [0.4, 0.5) is 10.5 Å². The van der Waals surface area contributed by atoms with Crippen molar-refractivity contribution in [1.82, 2.24) is 19.4 Å². The number of carbonyl (C=O) groups is 1. The number of likely N-dealkylation sites (tertiary alicyclic amines) is 1. The molecule has 11 heteroatoms. The van der Waals surface area contributed by atoms with Gasteiger partial charge in [0.1, 0.15) is 24.8 Å². The molecule has 2 saturated heterocycles. The van der Waals surface area contributed by atoms with Crippen LogP contribution in [-0.2, 0) is 11.3 Å². The molecule has 2 atom stereocenters. The Kier molecular flexibility index (Phi) is 5.84. The lowest BCUT2D eigenvalue weighted by Crippen LogP contribution is -2.56. The average molecular weight is 494 g/mol. The molecule has 0 aliphatic carbocycles. The van der Waals surface area contributed by atoms with Gasteiger partial charge in [0.05, 0.1) is 19.0 Å². The molecule has 2 fully saturated rings. The summed E-state index contributed by atoms with van der Waals surface area (Å²) < 4.78 is 24.0. The largest absolute Gasteiger partial charge is 0.486 e. The fourth-order valence-corrected chi connectivity index (χ4v) is 5.08. The summed E-state index contributed by atoms with van der Waals surface area (Å²) in [5.41, 5.74) is 1.67. The first kappa shape index (κ1) is 22.6. The van der Waals surface area contributed by atoms with Crippen LogP contribution in [0.5, 0.6) is 17.4 Å². The third-order valence-electron chi connectivity index (χ3n) is 7.02. The number of anilines is 1. The van der Waals surface area contributed by atoms with Gasteiger partial charge in [-0.2, -0.15) is 4.98 Å². The minimum atomic E-state index is -0.359. The van der Waals surface area contributed by atoms with Crippen LogP contribution in [0.1, 0.15) is 6.42 Å². The molecule has 0 radical (unpaired) electrons. The van der Waals surface area contributed by atoms with Crippen LogP contribution in [0, 0.1) is 5.92 Å². The average Bonchev–Trinajstić information content (AvgIpc) is 2.91. The van der Waals surface area contributed by atoms with E-state index in [-0.39, 0.29) is 23.7 Å². The van der Waals surface area contributed by atoms with E-state index >= 15 is 0 Å². The van der Waals surface area contributed by atoms with Gasteiger partial charge < -0.3 is 18.9 Å². The summed E-state index contributed by atoms with van der Waals surface area (Å²) >= 11 is 0. The first-order valence-electron chi connectivity index (χ1n) is 12.1. The minimum absolute atomic E-state index is 0.191. The van der Waals surface area contributed by atoms with E-state index in [4.69, 9.17) is 18.9 Å². The van der Waals surface area contributed by atoms with Gasteiger partial charge in [0.25, 0.3) is 5.56 Å².